The van der Waals surface area contributed by atoms with E-state index >= 15 is 0 Å². The molecule has 0 saturated carbocycles. The molecule has 1 aromatic carbocycles. The number of hydrogen-bond donors (Lipinski definition) is 1. The third-order valence-corrected chi connectivity index (χ3v) is 9.02. The molecular formula is C17H24ClN3O6S2. The van der Waals surface area contributed by atoms with Crippen molar-refractivity contribution >= 4 is 43.1 Å². The maximum absolute atomic E-state index is 12.8. The number of morpholine rings is 1. The fraction of sp³-hybridized carbons (Fsp3) is 0.588. The quantitative estimate of drug-likeness (QED) is 0.647. The van der Waals surface area contributed by atoms with Crippen LogP contribution in [0, 0.1) is 0 Å². The summed E-state index contributed by atoms with van der Waals surface area (Å²) in [7, 11) is -5.08. The van der Waals surface area contributed by atoms with Crippen molar-refractivity contribution in [3.05, 3.63) is 23.2 Å². The monoisotopic (exact) mass is 465 g/mol. The molecule has 2 aliphatic rings. The number of carbonyl (C=O) groups excluding carboxylic acids is 1. The molecule has 0 spiro atoms. The van der Waals surface area contributed by atoms with Crippen LogP contribution in [0.4, 0.5) is 5.69 Å². The molecule has 1 amide bonds. The van der Waals surface area contributed by atoms with Gasteiger partial charge in [0.1, 0.15) is 0 Å². The van der Waals surface area contributed by atoms with Gasteiger partial charge in [-0.1, -0.05) is 11.6 Å². The zero-order valence-corrected chi connectivity index (χ0v) is 18.4. The number of benzene rings is 1. The molecule has 0 unspecified atom stereocenters. The number of rotatable bonds is 6. The van der Waals surface area contributed by atoms with Gasteiger partial charge in [-0.3, -0.25) is 9.69 Å². The summed E-state index contributed by atoms with van der Waals surface area (Å²) in [6, 6.07) is 3.95. The van der Waals surface area contributed by atoms with Gasteiger partial charge in [0, 0.05) is 19.1 Å². The average molecular weight is 466 g/mol. The number of ether oxygens (including phenoxy) is 1. The highest BCUT2D eigenvalue weighted by Crippen LogP contribution is 2.27. The van der Waals surface area contributed by atoms with Crippen LogP contribution in [-0.2, 0) is 29.4 Å². The molecule has 2 aliphatic heterocycles. The number of anilines is 1. The minimum atomic E-state index is -3.72. The lowest BCUT2D eigenvalue weighted by atomic mass is 10.2. The van der Waals surface area contributed by atoms with E-state index in [0.29, 0.717) is 19.6 Å². The highest BCUT2D eigenvalue weighted by Gasteiger charge is 2.31. The summed E-state index contributed by atoms with van der Waals surface area (Å²) in [6.07, 6.45) is 0.486. The molecule has 12 heteroatoms. The lowest BCUT2D eigenvalue weighted by molar-refractivity contribution is -0.117. The maximum atomic E-state index is 12.8. The Labute approximate surface area is 175 Å². The number of likely N-dealkylation sites (N-methyl/N-ethyl adjacent to an activating group) is 1. The molecule has 9 nitrogen and oxygen atoms in total. The van der Waals surface area contributed by atoms with E-state index in [1.165, 1.54) is 22.5 Å². The van der Waals surface area contributed by atoms with Crippen LogP contribution in [-0.4, -0.2) is 89.4 Å². The van der Waals surface area contributed by atoms with Crippen LogP contribution in [0.2, 0.25) is 5.02 Å². The number of hydrogen-bond acceptors (Lipinski definition) is 7. The van der Waals surface area contributed by atoms with Crippen LogP contribution in [0.1, 0.15) is 6.42 Å². The van der Waals surface area contributed by atoms with Gasteiger partial charge >= 0.3 is 0 Å². The minimum absolute atomic E-state index is 0.0308. The third-order valence-electron chi connectivity index (χ3n) is 5.04. The van der Waals surface area contributed by atoms with Gasteiger partial charge in [0.2, 0.25) is 15.9 Å². The second-order valence-corrected chi connectivity index (χ2v) is 11.8. The number of nitrogens with one attached hydrogen (secondary N) is 1. The molecule has 29 heavy (non-hydrogen) atoms. The van der Waals surface area contributed by atoms with Crippen molar-refractivity contribution < 1.29 is 26.4 Å². The van der Waals surface area contributed by atoms with E-state index in [9.17, 15) is 21.6 Å². The number of sulfonamides is 1. The Balaban J connectivity index is 1.69. The molecule has 0 aliphatic carbocycles. The first-order chi connectivity index (χ1) is 13.6. The first-order valence-corrected chi connectivity index (χ1v) is 12.8. The molecule has 162 valence electrons. The van der Waals surface area contributed by atoms with Gasteiger partial charge in [0.15, 0.2) is 9.84 Å². The van der Waals surface area contributed by atoms with Gasteiger partial charge in [-0.2, -0.15) is 4.31 Å². The number of sulfone groups is 1. The van der Waals surface area contributed by atoms with Crippen molar-refractivity contribution in [2.75, 3.05) is 56.7 Å². The Kier molecular flexibility index (Phi) is 6.86. The maximum Gasteiger partial charge on any atom is 0.243 e. The fourth-order valence-electron chi connectivity index (χ4n) is 3.37. The Morgan fingerprint density at radius 2 is 2.03 bits per heavy atom. The smallest absolute Gasteiger partial charge is 0.243 e. The van der Waals surface area contributed by atoms with E-state index in [-0.39, 0.29) is 52.8 Å². The predicted molar refractivity (Wildman–Crippen MR) is 109 cm³/mol. The lowest BCUT2D eigenvalue weighted by Gasteiger charge is -2.26. The summed E-state index contributed by atoms with van der Waals surface area (Å²) in [5.41, 5.74) is 0.193. The summed E-state index contributed by atoms with van der Waals surface area (Å²) in [5.74, 6) is -0.249. The molecule has 1 aromatic rings. The second kappa shape index (κ2) is 8.86. The summed E-state index contributed by atoms with van der Waals surface area (Å²) in [5, 5.41) is 2.84. The van der Waals surface area contributed by atoms with Gasteiger partial charge in [-0.05, 0) is 31.7 Å². The Morgan fingerprint density at radius 1 is 1.34 bits per heavy atom. The Hall–Kier alpha value is -1.24. The first kappa shape index (κ1) is 22.4. The summed E-state index contributed by atoms with van der Waals surface area (Å²) >= 11 is 6.14. The molecule has 2 saturated heterocycles. The normalized spacial score (nSPS) is 22.7. The minimum Gasteiger partial charge on any atom is -0.379 e. The van der Waals surface area contributed by atoms with E-state index in [1.807, 2.05) is 0 Å². The lowest BCUT2D eigenvalue weighted by Crippen LogP contribution is -2.40. The van der Waals surface area contributed by atoms with Gasteiger partial charge in [0.25, 0.3) is 0 Å². The SMILES string of the molecule is CN(CC(=O)Nc1cc(S(=O)(=O)N2CCOCC2)ccc1Cl)[C@@H]1CCS(=O)(=O)C1. The molecule has 2 fully saturated rings. The van der Waals surface area contributed by atoms with Crippen molar-refractivity contribution in [3.8, 4) is 0 Å². The zero-order chi connectivity index (χ0) is 21.2. The molecular weight excluding hydrogens is 442 g/mol. The van der Waals surface area contributed by atoms with Crippen LogP contribution < -0.4 is 5.32 Å². The van der Waals surface area contributed by atoms with Crippen molar-refractivity contribution in [2.45, 2.75) is 17.4 Å². The van der Waals surface area contributed by atoms with Gasteiger partial charge in [-0.25, -0.2) is 16.8 Å². The molecule has 1 N–H and O–H groups in total. The molecule has 0 aromatic heterocycles. The predicted octanol–water partition coefficient (Wildman–Crippen LogP) is 0.418. The second-order valence-electron chi connectivity index (χ2n) is 7.18. The highest BCUT2D eigenvalue weighted by molar-refractivity contribution is 7.91. The third kappa shape index (κ3) is 5.47. The first-order valence-electron chi connectivity index (χ1n) is 9.16. The van der Waals surface area contributed by atoms with Crippen molar-refractivity contribution in [3.63, 3.8) is 0 Å². The fourth-order valence-corrected chi connectivity index (χ4v) is 6.77. The van der Waals surface area contributed by atoms with E-state index < -0.39 is 25.8 Å². The van der Waals surface area contributed by atoms with E-state index in [4.69, 9.17) is 16.3 Å². The van der Waals surface area contributed by atoms with Crippen LogP contribution in [0.3, 0.4) is 0 Å². The van der Waals surface area contributed by atoms with Crippen molar-refractivity contribution in [1.82, 2.24) is 9.21 Å². The molecule has 0 bridgehead atoms. The van der Waals surface area contributed by atoms with Crippen LogP contribution in [0.25, 0.3) is 0 Å². The topological polar surface area (TPSA) is 113 Å². The van der Waals surface area contributed by atoms with Crippen molar-refractivity contribution in [1.29, 1.82) is 0 Å². The Morgan fingerprint density at radius 3 is 2.66 bits per heavy atom. The largest absolute Gasteiger partial charge is 0.379 e. The highest BCUT2D eigenvalue weighted by atomic mass is 35.5. The van der Waals surface area contributed by atoms with Crippen LogP contribution in [0.15, 0.2) is 23.1 Å². The van der Waals surface area contributed by atoms with Crippen LogP contribution in [0.5, 0.6) is 0 Å². The molecule has 1 atom stereocenters. The summed E-state index contributed by atoms with van der Waals surface area (Å²) < 4.78 is 55.4. The van der Waals surface area contributed by atoms with E-state index in [2.05, 4.69) is 5.32 Å². The van der Waals surface area contributed by atoms with E-state index in [0.717, 1.165) is 0 Å². The molecule has 2 heterocycles. The Bertz CT molecular complexity index is 977. The average Bonchev–Trinajstić information content (AvgIpc) is 3.04. The summed E-state index contributed by atoms with van der Waals surface area (Å²) in [4.78, 5) is 14.1. The standard InChI is InChI=1S/C17H24ClN3O6S2/c1-20(13-4-9-28(23,24)12-13)11-17(22)19-16-10-14(2-3-15(16)18)29(25,26)21-5-7-27-8-6-21/h2-3,10,13H,4-9,11-12H2,1H3,(H,19,22)/t13-/m1/s1. The van der Waals surface area contributed by atoms with Gasteiger partial charge in [-0.15, -0.1) is 0 Å². The number of carbonyl (C=O) groups is 1. The van der Waals surface area contributed by atoms with Crippen molar-refractivity contribution in [2.24, 2.45) is 0 Å². The summed E-state index contributed by atoms with van der Waals surface area (Å²) in [6.45, 7) is 1.17. The van der Waals surface area contributed by atoms with E-state index in [1.54, 1.807) is 11.9 Å². The number of amides is 1. The number of halogens is 1. The van der Waals surface area contributed by atoms with Gasteiger partial charge in [0.05, 0.1) is 46.9 Å². The van der Waals surface area contributed by atoms with Crippen LogP contribution >= 0.6 is 11.6 Å². The zero-order valence-electron chi connectivity index (χ0n) is 16.0. The van der Waals surface area contributed by atoms with Gasteiger partial charge < -0.3 is 10.1 Å². The molecule has 0 radical (unpaired) electrons. The number of nitrogens with zero attached hydrogens (tertiary/aromatic N) is 2. The molecule has 3 rings (SSSR count).